The molecule has 1 aliphatic carbocycles. The first-order chi connectivity index (χ1) is 36.9. The number of hydrogen-bond acceptors (Lipinski definition) is 15. The summed E-state index contributed by atoms with van der Waals surface area (Å²) in [5.41, 5.74) is 3.81. The van der Waals surface area contributed by atoms with Crippen molar-refractivity contribution in [2.75, 3.05) is 19.7 Å². The largest absolute Gasteiger partial charge is 0.485 e. The van der Waals surface area contributed by atoms with Gasteiger partial charge in [-0.2, -0.15) is 5.26 Å². The molecule has 4 aromatic rings. The van der Waals surface area contributed by atoms with Gasteiger partial charge in [0.15, 0.2) is 0 Å². The maximum atomic E-state index is 14.4. The molecule has 0 radical (unpaired) electrons. The molecule has 2 saturated heterocycles. The lowest BCUT2D eigenvalue weighted by Crippen LogP contribution is -2.58. The Morgan fingerprint density at radius 3 is 1.70 bits per heavy atom. The van der Waals surface area contributed by atoms with Crippen LogP contribution in [0.5, 0.6) is 5.75 Å². The smallest absolute Gasteiger partial charge is 0.246 e. The molecule has 1 saturated carbocycles. The number of nitrogens with one attached hydrogen (secondary N) is 4. The quantitative estimate of drug-likeness (QED) is 0.0584. The van der Waals surface area contributed by atoms with E-state index in [0.717, 1.165) is 37.8 Å². The molecular weight excluding hydrogens is 1050 g/mol. The molecule has 2 aromatic carbocycles. The maximum absolute atomic E-state index is 14.4. The molecule has 0 bridgehead atoms. The van der Waals surface area contributed by atoms with E-state index in [-0.39, 0.29) is 52.0 Å². The van der Waals surface area contributed by atoms with Gasteiger partial charge in [0.25, 0.3) is 0 Å². The maximum Gasteiger partial charge on any atom is 0.246 e. The molecule has 0 spiro atoms. The summed E-state index contributed by atoms with van der Waals surface area (Å²) in [4.78, 5) is 97.0. The van der Waals surface area contributed by atoms with E-state index in [2.05, 4.69) is 37.3 Å². The number of β-amino-alcohol motifs (C(OH)–C–C–N with tert-alkyl or cyclic N) is 2. The van der Waals surface area contributed by atoms with Crippen molar-refractivity contribution in [3.8, 4) is 32.7 Å². The number of aliphatic hydroxyl groups excluding tert-OH is 2. The highest BCUT2D eigenvalue weighted by molar-refractivity contribution is 7.13. The van der Waals surface area contributed by atoms with Crippen LogP contribution < -0.4 is 26.0 Å². The Morgan fingerprint density at radius 2 is 1.22 bits per heavy atom. The normalized spacial score (nSPS) is 20.0. The monoisotopic (exact) mass is 1120 g/mol. The SMILES string of the molecule is Cc1ncsc1-c1ccc(CNC(=O)[C@@H]2C[C@@H](O)CN2C(=O)C(NC(=O)CC(C)(C)OCC(C)(C)Oc2cc(-c3scnc3C)ccc2CNC(=O)[C@@H]2C[C@@H](O)CN2C(=O)[C@@H](NC(=O)C2(C#N)CC2)C(C)(C)C)C(C)(C)C)cc1. The van der Waals surface area contributed by atoms with E-state index in [0.29, 0.717) is 24.2 Å². The van der Waals surface area contributed by atoms with Crippen LogP contribution in [0.4, 0.5) is 0 Å². The number of carbonyl (C=O) groups is 6. The first-order valence-electron chi connectivity index (χ1n) is 26.8. The van der Waals surface area contributed by atoms with Crippen molar-refractivity contribution in [1.29, 1.82) is 5.26 Å². The third kappa shape index (κ3) is 14.7. The number of likely N-dealkylation sites (tertiary alicyclic amines) is 2. The summed E-state index contributed by atoms with van der Waals surface area (Å²) in [5.74, 6) is -2.48. The topological polar surface area (TPSA) is 266 Å². The number of nitrogens with zero attached hydrogens (tertiary/aromatic N) is 5. The average molecular weight is 1120 g/mol. The predicted octanol–water partition coefficient (Wildman–Crippen LogP) is 6.11. The number of amides is 6. The van der Waals surface area contributed by atoms with Gasteiger partial charge in [0.2, 0.25) is 35.4 Å². The standard InChI is InChI=1S/C58H77N9O10S2/c1-33-45(78-31-62-33)36-15-13-35(14-16-36)25-60-49(71)41-22-39(68)27-66(41)51(73)47(54(3,4)5)64-44(70)24-56(9,10)76-30-57(11,12)77-43-21-37(46-34(2)63-32-79-46)17-18-38(43)26-61-50(72)42-23-40(69)28-67(42)52(74)48(55(6,7)8)65-53(75)58(29-59)19-20-58/h13-18,21,31-32,39-42,47-48,68-69H,19-20,22-28,30H2,1-12H3,(H,60,71)(H,61,72)(H,64,70)(H,65,75)/t39-,40-,41+,42+,47?,48-/m1/s1. The van der Waals surface area contributed by atoms with Crippen LogP contribution in [0.3, 0.4) is 0 Å². The van der Waals surface area contributed by atoms with Gasteiger partial charge in [-0.05, 0) is 88.0 Å². The van der Waals surface area contributed by atoms with Gasteiger partial charge < -0.3 is 50.8 Å². The molecule has 426 valence electrons. The molecule has 1 unspecified atom stereocenters. The van der Waals surface area contributed by atoms with Gasteiger partial charge in [-0.3, -0.25) is 28.8 Å². The number of aliphatic hydroxyl groups is 2. The summed E-state index contributed by atoms with van der Waals surface area (Å²) >= 11 is 3.02. The molecule has 3 aliphatic rings. The summed E-state index contributed by atoms with van der Waals surface area (Å²) in [6.45, 7) is 21.9. The Bertz CT molecular complexity index is 2950. The second kappa shape index (κ2) is 23.8. The Morgan fingerprint density at radius 1 is 0.722 bits per heavy atom. The lowest BCUT2D eigenvalue weighted by molar-refractivity contribution is -0.145. The van der Waals surface area contributed by atoms with Crippen molar-refractivity contribution in [3.63, 3.8) is 0 Å². The third-order valence-electron chi connectivity index (χ3n) is 14.7. The van der Waals surface area contributed by atoms with E-state index in [1.54, 1.807) is 57.0 Å². The summed E-state index contributed by atoms with van der Waals surface area (Å²) in [6, 6.07) is 11.4. The molecule has 4 heterocycles. The van der Waals surface area contributed by atoms with Crippen LogP contribution in [-0.4, -0.2) is 133 Å². The second-order valence-electron chi connectivity index (χ2n) is 24.7. The van der Waals surface area contributed by atoms with E-state index >= 15 is 0 Å². The number of thiazole rings is 2. The first kappa shape index (κ1) is 60.3. The minimum atomic E-state index is -1.17. The van der Waals surface area contributed by atoms with E-state index in [1.807, 2.05) is 90.9 Å². The third-order valence-corrected chi connectivity index (χ3v) is 16.6. The van der Waals surface area contributed by atoms with Crippen LogP contribution in [0.1, 0.15) is 124 Å². The fourth-order valence-electron chi connectivity index (χ4n) is 9.85. The molecule has 21 heteroatoms. The summed E-state index contributed by atoms with van der Waals surface area (Å²) in [6.07, 6.45) is -1.22. The highest BCUT2D eigenvalue weighted by Crippen LogP contribution is 2.45. The van der Waals surface area contributed by atoms with E-state index < -0.39 is 99.3 Å². The Labute approximate surface area is 471 Å². The highest BCUT2D eigenvalue weighted by atomic mass is 32.1. The fraction of sp³-hybridized carbons (Fsp3) is 0.569. The van der Waals surface area contributed by atoms with Gasteiger partial charge in [-0.15, -0.1) is 22.7 Å². The number of benzene rings is 2. The van der Waals surface area contributed by atoms with E-state index in [1.165, 1.54) is 21.1 Å². The number of nitriles is 1. The molecule has 19 nitrogen and oxygen atoms in total. The van der Waals surface area contributed by atoms with Crippen molar-refractivity contribution in [3.05, 3.63) is 76.0 Å². The summed E-state index contributed by atoms with van der Waals surface area (Å²) < 4.78 is 13.2. The number of rotatable bonds is 20. The van der Waals surface area contributed by atoms with Gasteiger partial charge in [-0.1, -0.05) is 77.9 Å². The predicted molar refractivity (Wildman–Crippen MR) is 300 cm³/mol. The van der Waals surface area contributed by atoms with Gasteiger partial charge in [0.1, 0.15) is 40.9 Å². The lowest BCUT2D eigenvalue weighted by atomic mass is 9.85. The zero-order chi connectivity index (χ0) is 58.0. The summed E-state index contributed by atoms with van der Waals surface area (Å²) in [7, 11) is 0. The van der Waals surface area contributed by atoms with Gasteiger partial charge in [0, 0.05) is 44.6 Å². The molecule has 6 atom stereocenters. The lowest BCUT2D eigenvalue weighted by Gasteiger charge is -2.36. The van der Waals surface area contributed by atoms with E-state index in [4.69, 9.17) is 9.47 Å². The van der Waals surface area contributed by atoms with Crippen molar-refractivity contribution >= 4 is 58.1 Å². The van der Waals surface area contributed by atoms with Crippen molar-refractivity contribution in [1.82, 2.24) is 41.0 Å². The molecule has 79 heavy (non-hydrogen) atoms. The van der Waals surface area contributed by atoms with Crippen LogP contribution in [0.25, 0.3) is 20.9 Å². The van der Waals surface area contributed by atoms with Crippen molar-refractivity contribution in [2.45, 2.75) is 176 Å². The molecule has 2 aromatic heterocycles. The van der Waals surface area contributed by atoms with Crippen LogP contribution in [0, 0.1) is 41.4 Å². The molecule has 6 amide bonds. The van der Waals surface area contributed by atoms with Crippen LogP contribution in [0.2, 0.25) is 0 Å². The van der Waals surface area contributed by atoms with E-state index in [9.17, 15) is 44.2 Å². The molecule has 7 rings (SSSR count). The van der Waals surface area contributed by atoms with Gasteiger partial charge in [0.05, 0.1) is 69.1 Å². The average Bonchev–Trinajstić information content (AvgIpc) is 3.86. The fourth-order valence-corrected chi connectivity index (χ4v) is 11.5. The summed E-state index contributed by atoms with van der Waals surface area (Å²) in [5, 5.41) is 42.9. The van der Waals surface area contributed by atoms with Crippen molar-refractivity contribution < 1.29 is 48.5 Å². The number of aryl methyl sites for hydroxylation is 2. The number of carbonyl (C=O) groups excluding carboxylic acids is 6. The van der Waals surface area contributed by atoms with Crippen LogP contribution in [0.15, 0.2) is 53.5 Å². The zero-order valence-corrected chi connectivity index (χ0v) is 49.1. The molecule has 3 fully saturated rings. The first-order valence-corrected chi connectivity index (χ1v) is 28.6. The Kier molecular flexibility index (Phi) is 18.2. The molecule has 2 aliphatic heterocycles. The number of hydrogen-bond donors (Lipinski definition) is 6. The van der Waals surface area contributed by atoms with Gasteiger partial charge in [-0.25, -0.2) is 9.97 Å². The molecule has 6 N–H and O–H groups in total. The minimum Gasteiger partial charge on any atom is -0.485 e. The Balaban J connectivity index is 0.982. The molecular formula is C58H77N9O10S2. The van der Waals surface area contributed by atoms with Crippen LogP contribution in [-0.2, 0) is 46.6 Å². The Hall–Kier alpha value is -6.31. The van der Waals surface area contributed by atoms with Crippen molar-refractivity contribution in [2.24, 2.45) is 16.2 Å². The van der Waals surface area contributed by atoms with Gasteiger partial charge >= 0.3 is 0 Å². The highest BCUT2D eigenvalue weighted by Gasteiger charge is 2.53. The zero-order valence-electron chi connectivity index (χ0n) is 47.4. The number of aromatic nitrogens is 2. The van der Waals surface area contributed by atoms with Crippen LogP contribution >= 0.6 is 22.7 Å². The number of ether oxygens (including phenoxy) is 2. The second-order valence-corrected chi connectivity index (χ2v) is 26.4. The minimum absolute atomic E-state index is 0.000905.